The number of hydrogen-bond donors (Lipinski definition) is 0. The summed E-state index contributed by atoms with van der Waals surface area (Å²) in [6.07, 6.45) is 13.3. The molecule has 0 amide bonds. The maximum Gasteiger partial charge on any atom is 0.157 e. The second kappa shape index (κ2) is 11.4. The number of methoxy groups -OCH3 is 1. The van der Waals surface area contributed by atoms with Gasteiger partial charge in [0.15, 0.2) is 6.29 Å². The van der Waals surface area contributed by atoms with Crippen LogP contribution in [-0.4, -0.2) is 32.7 Å². The molecule has 0 saturated carbocycles. The van der Waals surface area contributed by atoms with E-state index in [9.17, 15) is 0 Å². The van der Waals surface area contributed by atoms with Gasteiger partial charge in [0.2, 0.25) is 0 Å². The minimum Gasteiger partial charge on any atom is -0.381 e. The van der Waals surface area contributed by atoms with Crippen LogP contribution in [0.15, 0.2) is 12.7 Å². The molecule has 0 aromatic carbocycles. The van der Waals surface area contributed by atoms with Gasteiger partial charge in [-0.3, -0.25) is 0 Å². The monoisotopic (exact) mass is 270 g/mol. The summed E-state index contributed by atoms with van der Waals surface area (Å²) < 4.78 is 16.2. The summed E-state index contributed by atoms with van der Waals surface area (Å²) in [5, 5.41) is 0. The van der Waals surface area contributed by atoms with E-state index in [1.165, 1.54) is 38.5 Å². The predicted octanol–water partition coefficient (Wildman–Crippen LogP) is 4.07. The van der Waals surface area contributed by atoms with E-state index in [1.807, 2.05) is 6.08 Å². The molecule has 1 fully saturated rings. The van der Waals surface area contributed by atoms with Crippen LogP contribution in [0.4, 0.5) is 0 Å². The van der Waals surface area contributed by atoms with E-state index in [4.69, 9.17) is 14.2 Å². The molecule has 1 aliphatic rings. The first kappa shape index (κ1) is 16.7. The summed E-state index contributed by atoms with van der Waals surface area (Å²) in [7, 11) is 1.79. The number of rotatable bonds is 12. The van der Waals surface area contributed by atoms with Crippen LogP contribution in [0.1, 0.15) is 57.8 Å². The molecule has 112 valence electrons. The molecule has 0 radical (unpaired) electrons. The van der Waals surface area contributed by atoms with Crippen LogP contribution < -0.4 is 0 Å². The van der Waals surface area contributed by atoms with Crippen molar-refractivity contribution < 1.29 is 14.2 Å². The van der Waals surface area contributed by atoms with Crippen LogP contribution in [0.5, 0.6) is 0 Å². The Hall–Kier alpha value is -0.380. The average molecular weight is 270 g/mol. The van der Waals surface area contributed by atoms with Gasteiger partial charge in [-0.25, -0.2) is 0 Å². The van der Waals surface area contributed by atoms with E-state index in [0.717, 1.165) is 32.5 Å². The van der Waals surface area contributed by atoms with Crippen molar-refractivity contribution in [2.75, 3.05) is 20.3 Å². The van der Waals surface area contributed by atoms with Crippen LogP contribution >= 0.6 is 0 Å². The first-order valence-electron chi connectivity index (χ1n) is 7.73. The van der Waals surface area contributed by atoms with Crippen molar-refractivity contribution in [2.24, 2.45) is 0 Å². The molecule has 1 heterocycles. The Morgan fingerprint density at radius 3 is 2.37 bits per heavy atom. The normalized spacial score (nSPS) is 17.7. The lowest BCUT2D eigenvalue weighted by Gasteiger charge is -2.12. The summed E-state index contributed by atoms with van der Waals surface area (Å²) in [5.41, 5.74) is 0. The van der Waals surface area contributed by atoms with E-state index in [-0.39, 0.29) is 6.29 Å². The van der Waals surface area contributed by atoms with Crippen molar-refractivity contribution in [3.63, 3.8) is 0 Å². The molecule has 3 heteroatoms. The Morgan fingerprint density at radius 1 is 1.11 bits per heavy atom. The van der Waals surface area contributed by atoms with E-state index in [2.05, 4.69) is 6.58 Å². The second-order valence-electron chi connectivity index (χ2n) is 5.25. The predicted molar refractivity (Wildman–Crippen MR) is 78.2 cm³/mol. The highest BCUT2D eigenvalue weighted by atomic mass is 16.7. The SMILES string of the molecule is C=CCC(CCCCCCCCC1OCCO1)OC. The van der Waals surface area contributed by atoms with E-state index >= 15 is 0 Å². The van der Waals surface area contributed by atoms with Crippen molar-refractivity contribution in [1.82, 2.24) is 0 Å². The Bertz CT molecular complexity index is 212. The topological polar surface area (TPSA) is 27.7 Å². The first-order valence-corrected chi connectivity index (χ1v) is 7.73. The maximum absolute atomic E-state index is 5.42. The van der Waals surface area contributed by atoms with Gasteiger partial charge >= 0.3 is 0 Å². The number of unbranched alkanes of at least 4 members (excludes halogenated alkanes) is 5. The van der Waals surface area contributed by atoms with Gasteiger partial charge in [-0.2, -0.15) is 0 Å². The van der Waals surface area contributed by atoms with Crippen LogP contribution in [-0.2, 0) is 14.2 Å². The third-order valence-corrected chi connectivity index (χ3v) is 3.67. The molecule has 19 heavy (non-hydrogen) atoms. The van der Waals surface area contributed by atoms with Crippen LogP contribution in [0.25, 0.3) is 0 Å². The van der Waals surface area contributed by atoms with E-state index in [1.54, 1.807) is 7.11 Å². The number of ether oxygens (including phenoxy) is 3. The molecular formula is C16H30O3. The highest BCUT2D eigenvalue weighted by Gasteiger charge is 2.14. The molecule has 1 rings (SSSR count). The fourth-order valence-corrected chi connectivity index (χ4v) is 2.48. The van der Waals surface area contributed by atoms with Crippen molar-refractivity contribution in [3.8, 4) is 0 Å². The second-order valence-corrected chi connectivity index (χ2v) is 5.25. The fourth-order valence-electron chi connectivity index (χ4n) is 2.48. The summed E-state index contributed by atoms with van der Waals surface area (Å²) >= 11 is 0. The highest BCUT2D eigenvalue weighted by molar-refractivity contribution is 4.73. The summed E-state index contributed by atoms with van der Waals surface area (Å²) in [6, 6.07) is 0. The Morgan fingerprint density at radius 2 is 1.74 bits per heavy atom. The molecule has 0 aromatic heterocycles. The van der Waals surface area contributed by atoms with Crippen molar-refractivity contribution in [1.29, 1.82) is 0 Å². The fraction of sp³-hybridized carbons (Fsp3) is 0.875. The lowest BCUT2D eigenvalue weighted by atomic mass is 10.0. The van der Waals surface area contributed by atoms with Gasteiger partial charge < -0.3 is 14.2 Å². The van der Waals surface area contributed by atoms with Crippen molar-refractivity contribution >= 4 is 0 Å². The lowest BCUT2D eigenvalue weighted by Crippen LogP contribution is -2.08. The number of hydrogen-bond acceptors (Lipinski definition) is 3. The van der Waals surface area contributed by atoms with Gasteiger partial charge in [0.1, 0.15) is 0 Å². The van der Waals surface area contributed by atoms with E-state index < -0.39 is 0 Å². The maximum atomic E-state index is 5.42. The van der Waals surface area contributed by atoms with Gasteiger partial charge in [-0.05, 0) is 25.7 Å². The standard InChI is InChI=1S/C16H30O3/c1-3-10-15(17-2)11-8-6-4-5-7-9-12-16-18-13-14-19-16/h3,15-16H,1,4-14H2,2H3. The minimum absolute atomic E-state index is 0.0846. The molecule has 0 N–H and O–H groups in total. The summed E-state index contributed by atoms with van der Waals surface area (Å²) in [5.74, 6) is 0. The van der Waals surface area contributed by atoms with Gasteiger partial charge in [0.25, 0.3) is 0 Å². The molecule has 1 aliphatic heterocycles. The third-order valence-electron chi connectivity index (χ3n) is 3.67. The van der Waals surface area contributed by atoms with Crippen LogP contribution in [0.3, 0.4) is 0 Å². The van der Waals surface area contributed by atoms with Crippen LogP contribution in [0, 0.1) is 0 Å². The third kappa shape index (κ3) is 8.40. The first-order chi connectivity index (χ1) is 9.36. The average Bonchev–Trinajstić information content (AvgIpc) is 2.93. The molecule has 3 nitrogen and oxygen atoms in total. The molecule has 1 saturated heterocycles. The van der Waals surface area contributed by atoms with E-state index in [0.29, 0.717) is 6.10 Å². The molecular weight excluding hydrogens is 240 g/mol. The molecule has 0 aliphatic carbocycles. The summed E-state index contributed by atoms with van der Waals surface area (Å²) in [6.45, 7) is 5.31. The van der Waals surface area contributed by atoms with Crippen molar-refractivity contribution in [3.05, 3.63) is 12.7 Å². The van der Waals surface area contributed by atoms with Crippen LogP contribution in [0.2, 0.25) is 0 Å². The van der Waals surface area contributed by atoms with Gasteiger partial charge in [0, 0.05) is 7.11 Å². The lowest BCUT2D eigenvalue weighted by molar-refractivity contribution is -0.0480. The van der Waals surface area contributed by atoms with Crippen molar-refractivity contribution in [2.45, 2.75) is 70.2 Å². The Labute approximate surface area is 118 Å². The molecule has 0 aromatic rings. The largest absolute Gasteiger partial charge is 0.381 e. The zero-order chi connectivity index (χ0) is 13.8. The summed E-state index contributed by atoms with van der Waals surface area (Å²) in [4.78, 5) is 0. The zero-order valence-electron chi connectivity index (χ0n) is 12.4. The van der Waals surface area contributed by atoms with Gasteiger partial charge in [-0.1, -0.05) is 38.2 Å². The Balaban J connectivity index is 1.81. The zero-order valence-corrected chi connectivity index (χ0v) is 12.4. The highest BCUT2D eigenvalue weighted by Crippen LogP contribution is 2.15. The molecule has 1 unspecified atom stereocenters. The van der Waals surface area contributed by atoms with Gasteiger partial charge in [-0.15, -0.1) is 6.58 Å². The quantitative estimate of drug-likeness (QED) is 0.395. The minimum atomic E-state index is 0.0846. The van der Waals surface area contributed by atoms with Gasteiger partial charge in [0.05, 0.1) is 19.3 Å². The molecule has 0 spiro atoms. The molecule has 0 bridgehead atoms. The Kier molecular flexibility index (Phi) is 10.0. The molecule has 1 atom stereocenters. The smallest absolute Gasteiger partial charge is 0.157 e.